The van der Waals surface area contributed by atoms with Gasteiger partial charge in [0.25, 0.3) is 5.91 Å². The van der Waals surface area contributed by atoms with Crippen molar-refractivity contribution in [3.05, 3.63) is 69.9 Å². The van der Waals surface area contributed by atoms with Gasteiger partial charge in [-0.1, -0.05) is 35.9 Å². The Labute approximate surface area is 195 Å². The number of ether oxygens (including phenoxy) is 3. The Hall–Kier alpha value is -3.85. The summed E-state index contributed by atoms with van der Waals surface area (Å²) >= 11 is 1.62. The molecule has 0 atom stereocenters. The smallest absolute Gasteiger partial charge is 0.281 e. The molecule has 0 spiro atoms. The molecule has 1 N–H and O–H groups in total. The van der Waals surface area contributed by atoms with E-state index in [9.17, 15) is 4.79 Å². The summed E-state index contributed by atoms with van der Waals surface area (Å²) in [5.41, 5.74) is 2.27. The molecule has 0 aliphatic rings. The number of aromatic nitrogens is 3. The second-order valence-electron chi connectivity index (χ2n) is 7.19. The van der Waals surface area contributed by atoms with Gasteiger partial charge in [-0.15, -0.1) is 16.4 Å². The maximum Gasteiger partial charge on any atom is 0.281 e. The summed E-state index contributed by atoms with van der Waals surface area (Å²) in [7, 11) is 4.52. The Morgan fingerprint density at radius 2 is 1.73 bits per heavy atom. The average Bonchev–Trinajstić information content (AvgIpc) is 3.51. The topological polar surface area (TPSA) is 87.5 Å². The Balaban J connectivity index is 1.76. The van der Waals surface area contributed by atoms with Crippen LogP contribution in [0.15, 0.2) is 53.9 Å². The Morgan fingerprint density at radius 3 is 2.30 bits per heavy atom. The minimum atomic E-state index is -0.381. The van der Waals surface area contributed by atoms with Crippen molar-refractivity contribution in [3.63, 3.8) is 0 Å². The number of benzene rings is 2. The number of carbonyl (C=O) groups excluding carboxylic acids is 1. The number of methoxy groups -OCH3 is 3. The van der Waals surface area contributed by atoms with E-state index in [1.54, 1.807) is 23.5 Å². The third kappa shape index (κ3) is 4.68. The molecule has 2 heterocycles. The highest BCUT2D eigenvalue weighted by Crippen LogP contribution is 2.38. The molecular weight excluding hydrogens is 440 g/mol. The number of anilines is 1. The van der Waals surface area contributed by atoms with E-state index in [2.05, 4.69) is 15.4 Å². The minimum Gasteiger partial charge on any atom is -0.493 e. The number of aryl methyl sites for hydroxylation is 1. The van der Waals surface area contributed by atoms with Crippen molar-refractivity contribution < 1.29 is 19.0 Å². The molecule has 0 amide bonds. The summed E-state index contributed by atoms with van der Waals surface area (Å²) in [4.78, 5) is 19.3. The predicted octanol–water partition coefficient (Wildman–Crippen LogP) is 4.64. The maximum atomic E-state index is 13.5. The second-order valence-corrected chi connectivity index (χ2v) is 8.22. The highest BCUT2D eigenvalue weighted by atomic mass is 32.1. The molecule has 0 unspecified atom stereocenters. The van der Waals surface area contributed by atoms with Gasteiger partial charge in [0, 0.05) is 16.0 Å². The largest absolute Gasteiger partial charge is 0.493 e. The summed E-state index contributed by atoms with van der Waals surface area (Å²) < 4.78 is 17.4. The van der Waals surface area contributed by atoms with Gasteiger partial charge >= 0.3 is 0 Å². The first-order chi connectivity index (χ1) is 16.0. The molecule has 2 aromatic carbocycles. The maximum absolute atomic E-state index is 13.5. The van der Waals surface area contributed by atoms with E-state index in [4.69, 9.17) is 14.2 Å². The molecule has 0 bridgehead atoms. The number of thiophene rings is 1. The van der Waals surface area contributed by atoms with Crippen LogP contribution in [0.3, 0.4) is 0 Å². The van der Waals surface area contributed by atoms with Crippen LogP contribution in [-0.2, 0) is 6.54 Å². The van der Waals surface area contributed by atoms with Crippen LogP contribution in [-0.4, -0.2) is 42.0 Å². The summed E-state index contributed by atoms with van der Waals surface area (Å²) in [6.07, 6.45) is 0. The van der Waals surface area contributed by atoms with Crippen LogP contribution < -0.4 is 19.5 Å². The highest BCUT2D eigenvalue weighted by molar-refractivity contribution is 7.09. The molecular formula is C24H24N4O4S. The lowest BCUT2D eigenvalue weighted by Crippen LogP contribution is -2.18. The average molecular weight is 465 g/mol. The first kappa shape index (κ1) is 22.3. The van der Waals surface area contributed by atoms with E-state index in [0.29, 0.717) is 41.1 Å². The van der Waals surface area contributed by atoms with Gasteiger partial charge < -0.3 is 19.5 Å². The van der Waals surface area contributed by atoms with Crippen molar-refractivity contribution in [2.24, 2.45) is 0 Å². The lowest BCUT2D eigenvalue weighted by Gasteiger charge is -2.14. The van der Waals surface area contributed by atoms with Crippen LogP contribution in [0, 0.1) is 6.92 Å². The molecule has 0 saturated heterocycles. The number of carbonyl (C=O) groups is 1. The molecule has 4 rings (SSSR count). The Morgan fingerprint density at radius 1 is 1.03 bits per heavy atom. The van der Waals surface area contributed by atoms with E-state index in [1.807, 2.05) is 48.7 Å². The van der Waals surface area contributed by atoms with Crippen molar-refractivity contribution >= 4 is 23.2 Å². The summed E-state index contributed by atoms with van der Waals surface area (Å²) in [5.74, 6) is 1.59. The molecule has 0 aliphatic heterocycles. The zero-order chi connectivity index (χ0) is 23.4. The number of nitrogens with zero attached hydrogens (tertiary/aromatic N) is 3. The van der Waals surface area contributed by atoms with Crippen molar-refractivity contribution in [2.75, 3.05) is 26.6 Å². The number of nitrogens with one attached hydrogen (secondary N) is 1. The lowest BCUT2D eigenvalue weighted by atomic mass is 10.1. The molecule has 0 radical (unpaired) electrons. The molecule has 33 heavy (non-hydrogen) atoms. The fraction of sp³-hybridized carbons (Fsp3) is 0.208. The van der Waals surface area contributed by atoms with Crippen molar-refractivity contribution in [1.82, 2.24) is 14.8 Å². The molecule has 0 saturated carbocycles. The van der Waals surface area contributed by atoms with Crippen LogP contribution in [0.5, 0.6) is 17.2 Å². The van der Waals surface area contributed by atoms with E-state index >= 15 is 0 Å². The van der Waals surface area contributed by atoms with Crippen molar-refractivity contribution in [3.8, 4) is 28.6 Å². The number of rotatable bonds is 8. The Kier molecular flexibility index (Phi) is 6.60. The van der Waals surface area contributed by atoms with E-state index < -0.39 is 0 Å². The van der Waals surface area contributed by atoms with E-state index in [0.717, 1.165) is 16.0 Å². The van der Waals surface area contributed by atoms with Crippen LogP contribution in [0.4, 0.5) is 5.95 Å². The highest BCUT2D eigenvalue weighted by Gasteiger charge is 2.22. The quantitative estimate of drug-likeness (QED) is 0.406. The standard InChI is InChI=1S/C24H24N4O4S/c1-15-7-9-16(10-8-15)22-26-24(25-14-18-6-5-11-33-18)28(27-22)23(29)17-12-19(30-2)21(32-4)20(13-17)31-3/h5-13H,14H2,1-4H3,(H,25,26,27). The van der Waals surface area contributed by atoms with Crippen molar-refractivity contribution in [1.29, 1.82) is 0 Å². The van der Waals surface area contributed by atoms with Gasteiger partial charge in [0.1, 0.15) is 0 Å². The van der Waals surface area contributed by atoms with Gasteiger partial charge in [-0.05, 0) is 30.5 Å². The second kappa shape index (κ2) is 9.74. The molecule has 0 aliphatic carbocycles. The van der Waals surface area contributed by atoms with Gasteiger partial charge in [-0.2, -0.15) is 9.67 Å². The van der Waals surface area contributed by atoms with Gasteiger partial charge in [-0.25, -0.2) is 0 Å². The summed E-state index contributed by atoms with van der Waals surface area (Å²) in [5, 5.41) is 9.76. The van der Waals surface area contributed by atoms with Gasteiger partial charge in [0.05, 0.1) is 27.9 Å². The SMILES string of the molecule is COc1cc(C(=O)n2nc(-c3ccc(C)cc3)nc2NCc2cccs2)cc(OC)c1OC. The van der Waals surface area contributed by atoms with Crippen LogP contribution in [0.1, 0.15) is 20.8 Å². The van der Waals surface area contributed by atoms with Crippen LogP contribution >= 0.6 is 11.3 Å². The van der Waals surface area contributed by atoms with Crippen molar-refractivity contribution in [2.45, 2.75) is 13.5 Å². The minimum absolute atomic E-state index is 0.323. The predicted molar refractivity (Wildman–Crippen MR) is 128 cm³/mol. The zero-order valence-corrected chi connectivity index (χ0v) is 19.6. The lowest BCUT2D eigenvalue weighted by molar-refractivity contribution is 0.0946. The number of hydrogen-bond donors (Lipinski definition) is 1. The molecule has 4 aromatic rings. The molecule has 2 aromatic heterocycles. The molecule has 8 nitrogen and oxygen atoms in total. The first-order valence-corrected chi connectivity index (χ1v) is 11.1. The van der Waals surface area contributed by atoms with Crippen LogP contribution in [0.2, 0.25) is 0 Å². The fourth-order valence-electron chi connectivity index (χ4n) is 3.30. The third-order valence-corrected chi connectivity index (χ3v) is 5.90. The third-order valence-electron chi connectivity index (χ3n) is 5.02. The van der Waals surface area contributed by atoms with E-state index in [1.165, 1.54) is 26.0 Å². The number of hydrogen-bond acceptors (Lipinski definition) is 8. The van der Waals surface area contributed by atoms with Crippen LogP contribution in [0.25, 0.3) is 11.4 Å². The van der Waals surface area contributed by atoms with Gasteiger partial charge in [0.2, 0.25) is 11.7 Å². The van der Waals surface area contributed by atoms with E-state index in [-0.39, 0.29) is 5.91 Å². The fourth-order valence-corrected chi connectivity index (χ4v) is 3.94. The molecule has 170 valence electrons. The Bertz CT molecular complexity index is 1230. The van der Waals surface area contributed by atoms with Gasteiger partial charge in [-0.3, -0.25) is 4.79 Å². The normalized spacial score (nSPS) is 10.7. The summed E-state index contributed by atoms with van der Waals surface area (Å²) in [6.45, 7) is 2.53. The monoisotopic (exact) mass is 464 g/mol. The van der Waals surface area contributed by atoms with Gasteiger partial charge in [0.15, 0.2) is 17.3 Å². The summed E-state index contributed by atoms with van der Waals surface area (Å²) in [6, 6.07) is 15.0. The molecule has 9 heteroatoms. The zero-order valence-electron chi connectivity index (χ0n) is 18.8. The molecule has 0 fully saturated rings. The first-order valence-electron chi connectivity index (χ1n) is 10.2.